The molecule has 1 aliphatic heterocycles. The minimum atomic E-state index is -0.450. The zero-order valence-electron chi connectivity index (χ0n) is 13.0. The molecular formula is C16H18N4O3. The number of nitrogens with zero attached hydrogens (tertiary/aromatic N) is 4. The number of benzene rings is 1. The molecule has 0 N–H and O–H groups in total. The maximum atomic E-state index is 12.7. The molecule has 1 aromatic carbocycles. The number of hydrogen-bond donors (Lipinski definition) is 0. The zero-order valence-corrected chi connectivity index (χ0v) is 13.0. The number of amides is 1. The Kier molecular flexibility index (Phi) is 3.85. The maximum absolute atomic E-state index is 12.7. The Balaban J connectivity index is 1.85. The van der Waals surface area contributed by atoms with Crippen LogP contribution in [0, 0.1) is 10.1 Å². The summed E-state index contributed by atoms with van der Waals surface area (Å²) in [5.41, 5.74) is 0.641. The van der Waals surface area contributed by atoms with Gasteiger partial charge in [-0.05, 0) is 25.8 Å². The Labute approximate surface area is 133 Å². The van der Waals surface area contributed by atoms with Gasteiger partial charge in [-0.25, -0.2) is 4.68 Å². The summed E-state index contributed by atoms with van der Waals surface area (Å²) < 4.78 is 1.85. The maximum Gasteiger partial charge on any atom is 0.269 e. The van der Waals surface area contributed by atoms with Crippen LogP contribution in [0.15, 0.2) is 36.5 Å². The number of non-ortho nitro benzene ring substituents is 1. The van der Waals surface area contributed by atoms with E-state index in [4.69, 9.17) is 0 Å². The number of nitro benzene ring substituents is 1. The smallest absolute Gasteiger partial charge is 0.269 e. The molecule has 7 heteroatoms. The summed E-state index contributed by atoms with van der Waals surface area (Å²) in [6.45, 7) is 4.09. The van der Waals surface area contributed by atoms with Crippen molar-refractivity contribution in [1.82, 2.24) is 9.78 Å². The zero-order chi connectivity index (χ0) is 16.6. The summed E-state index contributed by atoms with van der Waals surface area (Å²) in [6.07, 6.45) is 2.65. The van der Waals surface area contributed by atoms with Crippen LogP contribution in [0.25, 0.3) is 0 Å². The van der Waals surface area contributed by atoms with E-state index in [1.165, 1.54) is 12.1 Å². The molecule has 0 bridgehead atoms. The summed E-state index contributed by atoms with van der Waals surface area (Å²) >= 11 is 0. The molecule has 1 amide bonds. The van der Waals surface area contributed by atoms with Gasteiger partial charge in [0, 0.05) is 24.2 Å². The molecule has 7 nitrogen and oxygen atoms in total. The van der Waals surface area contributed by atoms with Gasteiger partial charge >= 0.3 is 0 Å². The Hall–Kier alpha value is -2.70. The summed E-state index contributed by atoms with van der Waals surface area (Å²) in [6, 6.07) is 8.36. The summed E-state index contributed by atoms with van der Waals surface area (Å²) in [7, 11) is 0. The molecule has 1 aliphatic rings. The predicted molar refractivity (Wildman–Crippen MR) is 85.3 cm³/mol. The molecule has 0 aliphatic carbocycles. The van der Waals surface area contributed by atoms with Crippen LogP contribution in [0.1, 0.15) is 31.9 Å². The van der Waals surface area contributed by atoms with E-state index < -0.39 is 4.92 Å². The van der Waals surface area contributed by atoms with Crippen molar-refractivity contribution in [2.45, 2.75) is 38.8 Å². The van der Waals surface area contributed by atoms with E-state index in [9.17, 15) is 14.9 Å². The number of carbonyl (C=O) groups is 1. The van der Waals surface area contributed by atoms with Crippen molar-refractivity contribution in [2.24, 2.45) is 0 Å². The lowest BCUT2D eigenvalue weighted by molar-refractivity contribution is -0.384. The van der Waals surface area contributed by atoms with Gasteiger partial charge < -0.3 is 0 Å². The van der Waals surface area contributed by atoms with Gasteiger partial charge in [-0.15, -0.1) is 0 Å². The summed E-state index contributed by atoms with van der Waals surface area (Å²) in [5.74, 6) is 0.707. The van der Waals surface area contributed by atoms with Crippen LogP contribution in [0.2, 0.25) is 0 Å². The lowest BCUT2D eigenvalue weighted by atomic mass is 10.0. The van der Waals surface area contributed by atoms with Gasteiger partial charge in [-0.2, -0.15) is 5.10 Å². The van der Waals surface area contributed by atoms with Crippen molar-refractivity contribution < 1.29 is 9.72 Å². The highest BCUT2D eigenvalue weighted by Gasteiger charge is 2.32. The lowest BCUT2D eigenvalue weighted by Gasteiger charge is -2.37. The van der Waals surface area contributed by atoms with Gasteiger partial charge in [0.15, 0.2) is 0 Å². The van der Waals surface area contributed by atoms with Crippen LogP contribution in [-0.2, 0) is 11.2 Å². The molecule has 1 aromatic heterocycles. The van der Waals surface area contributed by atoms with Gasteiger partial charge in [0.25, 0.3) is 5.69 Å². The molecule has 0 spiro atoms. The molecule has 120 valence electrons. The Morgan fingerprint density at radius 2 is 2.13 bits per heavy atom. The first-order valence-electron chi connectivity index (χ1n) is 7.56. The topological polar surface area (TPSA) is 81.3 Å². The van der Waals surface area contributed by atoms with Gasteiger partial charge in [-0.1, -0.05) is 12.1 Å². The second-order valence-corrected chi connectivity index (χ2v) is 5.94. The first-order chi connectivity index (χ1) is 11.0. The minimum Gasteiger partial charge on any atom is -0.294 e. The van der Waals surface area contributed by atoms with Crippen molar-refractivity contribution >= 4 is 17.4 Å². The highest BCUT2D eigenvalue weighted by molar-refractivity contribution is 5.94. The summed E-state index contributed by atoms with van der Waals surface area (Å²) in [4.78, 5) is 24.9. The van der Waals surface area contributed by atoms with Gasteiger partial charge in [0.2, 0.25) is 5.91 Å². The Morgan fingerprint density at radius 3 is 2.87 bits per heavy atom. The van der Waals surface area contributed by atoms with Crippen LogP contribution < -0.4 is 4.90 Å². The first kappa shape index (κ1) is 15.2. The van der Waals surface area contributed by atoms with Crippen molar-refractivity contribution in [3.63, 3.8) is 0 Å². The SMILES string of the molecule is C[C@H]1C[C@H](C)n2nccc2N1C(=O)Cc1cccc([N+](=O)[O-])c1. The Bertz CT molecular complexity index is 755. The van der Waals surface area contributed by atoms with Crippen LogP contribution in [0.5, 0.6) is 0 Å². The number of carbonyl (C=O) groups excluding carboxylic acids is 1. The molecule has 0 unspecified atom stereocenters. The van der Waals surface area contributed by atoms with Gasteiger partial charge in [-0.3, -0.25) is 19.8 Å². The van der Waals surface area contributed by atoms with E-state index >= 15 is 0 Å². The van der Waals surface area contributed by atoms with E-state index in [0.717, 1.165) is 12.2 Å². The van der Waals surface area contributed by atoms with E-state index in [-0.39, 0.29) is 30.1 Å². The monoisotopic (exact) mass is 314 g/mol. The van der Waals surface area contributed by atoms with Crippen molar-refractivity contribution in [3.05, 3.63) is 52.2 Å². The number of rotatable bonds is 3. The number of fused-ring (bicyclic) bond motifs is 1. The average Bonchev–Trinajstić information content (AvgIpc) is 2.97. The van der Waals surface area contributed by atoms with E-state index in [0.29, 0.717) is 5.56 Å². The van der Waals surface area contributed by atoms with Crippen molar-refractivity contribution in [2.75, 3.05) is 4.90 Å². The third-order valence-electron chi connectivity index (χ3n) is 4.18. The van der Waals surface area contributed by atoms with Crippen LogP contribution >= 0.6 is 0 Å². The third kappa shape index (κ3) is 2.81. The van der Waals surface area contributed by atoms with Crippen molar-refractivity contribution in [3.8, 4) is 0 Å². The molecule has 23 heavy (non-hydrogen) atoms. The van der Waals surface area contributed by atoms with Gasteiger partial charge in [0.05, 0.1) is 23.6 Å². The summed E-state index contributed by atoms with van der Waals surface area (Å²) in [5, 5.41) is 15.1. The molecule has 2 atom stereocenters. The molecule has 2 aromatic rings. The average molecular weight is 314 g/mol. The number of nitro groups is 1. The molecule has 0 fully saturated rings. The van der Waals surface area contributed by atoms with Crippen molar-refractivity contribution in [1.29, 1.82) is 0 Å². The molecular weight excluding hydrogens is 296 g/mol. The van der Waals surface area contributed by atoms with Crippen LogP contribution in [0.3, 0.4) is 0 Å². The lowest BCUT2D eigenvalue weighted by Crippen LogP contribution is -2.45. The highest BCUT2D eigenvalue weighted by atomic mass is 16.6. The highest BCUT2D eigenvalue weighted by Crippen LogP contribution is 2.31. The van der Waals surface area contributed by atoms with E-state index in [1.54, 1.807) is 23.2 Å². The fourth-order valence-corrected chi connectivity index (χ4v) is 3.18. The largest absolute Gasteiger partial charge is 0.294 e. The first-order valence-corrected chi connectivity index (χ1v) is 7.56. The molecule has 2 heterocycles. The number of anilines is 1. The minimum absolute atomic E-state index is 0.000608. The molecule has 0 radical (unpaired) electrons. The van der Waals surface area contributed by atoms with Crippen LogP contribution in [-0.4, -0.2) is 26.7 Å². The normalized spacial score (nSPS) is 20.2. The predicted octanol–water partition coefficient (Wildman–Crippen LogP) is 2.72. The molecule has 0 saturated heterocycles. The van der Waals surface area contributed by atoms with Crippen LogP contribution in [0.4, 0.5) is 11.5 Å². The molecule has 3 rings (SSSR count). The Morgan fingerprint density at radius 1 is 1.35 bits per heavy atom. The van der Waals surface area contributed by atoms with E-state index in [2.05, 4.69) is 12.0 Å². The quantitative estimate of drug-likeness (QED) is 0.644. The third-order valence-corrected chi connectivity index (χ3v) is 4.18. The fourth-order valence-electron chi connectivity index (χ4n) is 3.18. The second kappa shape index (κ2) is 5.83. The fraction of sp³-hybridized carbons (Fsp3) is 0.375. The molecule has 0 saturated carbocycles. The number of hydrogen-bond acceptors (Lipinski definition) is 4. The standard InChI is InChI=1S/C16H18N4O3/c1-11-8-12(2)19-15(6-7-17-19)18(11)16(21)10-13-4-3-5-14(9-13)20(22)23/h3-7,9,11-12H,8,10H2,1-2H3/t11-,12-/m0/s1. The van der Waals surface area contributed by atoms with E-state index in [1.807, 2.05) is 17.7 Å². The second-order valence-electron chi connectivity index (χ2n) is 5.94. The number of aromatic nitrogens is 2. The van der Waals surface area contributed by atoms with Gasteiger partial charge in [0.1, 0.15) is 5.82 Å².